The van der Waals surface area contributed by atoms with Crippen LogP contribution in [0.5, 0.6) is 5.75 Å². The molecule has 1 amide bonds. The maximum Gasteiger partial charge on any atom is 0.251 e. The zero-order valence-electron chi connectivity index (χ0n) is 16.0. The van der Waals surface area contributed by atoms with E-state index in [9.17, 15) is 4.79 Å². The number of hydrogen-bond donors (Lipinski definition) is 3. The van der Waals surface area contributed by atoms with Crippen LogP contribution >= 0.6 is 39.9 Å². The SMILES string of the molecule is CN=C(NCCCNC(=O)c1cccc(Br)c1)NCc1cccc(OC)c1.I. The predicted molar refractivity (Wildman–Crippen MR) is 128 cm³/mol. The van der Waals surface area contributed by atoms with E-state index in [0.29, 0.717) is 25.2 Å². The molecule has 2 aromatic rings. The standard InChI is InChI=1S/C20H25BrN4O2.HI/c1-22-20(25-14-15-6-3-9-18(12-15)27-2)24-11-5-10-23-19(26)16-7-4-8-17(21)13-16;/h3-4,6-9,12-13H,5,10-11,14H2,1-2H3,(H,23,26)(H2,22,24,25);1H. The van der Waals surface area contributed by atoms with Crippen LogP contribution in [0, 0.1) is 0 Å². The maximum absolute atomic E-state index is 12.1. The summed E-state index contributed by atoms with van der Waals surface area (Å²) in [5, 5.41) is 9.41. The lowest BCUT2D eigenvalue weighted by atomic mass is 10.2. The fourth-order valence-corrected chi connectivity index (χ4v) is 2.82. The van der Waals surface area contributed by atoms with Crippen molar-refractivity contribution in [2.24, 2.45) is 4.99 Å². The molecule has 2 rings (SSSR count). The Balaban J connectivity index is 0.00000392. The zero-order chi connectivity index (χ0) is 19.5. The lowest BCUT2D eigenvalue weighted by Crippen LogP contribution is -2.38. The first kappa shape index (κ1) is 24.2. The molecule has 0 spiro atoms. The number of halogens is 2. The van der Waals surface area contributed by atoms with E-state index in [1.165, 1.54) is 0 Å². The van der Waals surface area contributed by atoms with Crippen molar-refractivity contribution in [1.29, 1.82) is 0 Å². The molecule has 0 saturated carbocycles. The molecule has 0 aliphatic carbocycles. The number of aliphatic imine (C=N–C) groups is 1. The van der Waals surface area contributed by atoms with Crippen LogP contribution in [0.15, 0.2) is 58.0 Å². The van der Waals surface area contributed by atoms with Crippen molar-refractivity contribution < 1.29 is 9.53 Å². The Bertz CT molecular complexity index is 786. The van der Waals surface area contributed by atoms with Crippen molar-refractivity contribution in [1.82, 2.24) is 16.0 Å². The number of ether oxygens (including phenoxy) is 1. The van der Waals surface area contributed by atoms with Crippen LogP contribution in [0.3, 0.4) is 0 Å². The van der Waals surface area contributed by atoms with Gasteiger partial charge in [0.05, 0.1) is 7.11 Å². The summed E-state index contributed by atoms with van der Waals surface area (Å²) in [4.78, 5) is 16.3. The van der Waals surface area contributed by atoms with E-state index in [0.717, 1.165) is 28.2 Å². The average molecular weight is 561 g/mol. The molecular weight excluding hydrogens is 535 g/mol. The number of benzene rings is 2. The molecule has 28 heavy (non-hydrogen) atoms. The van der Waals surface area contributed by atoms with E-state index >= 15 is 0 Å². The Morgan fingerprint density at radius 3 is 2.54 bits per heavy atom. The van der Waals surface area contributed by atoms with Crippen LogP contribution in [-0.4, -0.2) is 39.1 Å². The summed E-state index contributed by atoms with van der Waals surface area (Å²) < 4.78 is 6.12. The molecule has 0 aromatic heterocycles. The highest BCUT2D eigenvalue weighted by atomic mass is 127. The molecular formula is C20H26BrIN4O2. The Morgan fingerprint density at radius 1 is 1.07 bits per heavy atom. The Labute approximate surface area is 191 Å². The number of methoxy groups -OCH3 is 1. The number of hydrogen-bond acceptors (Lipinski definition) is 3. The van der Waals surface area contributed by atoms with Gasteiger partial charge in [-0.15, -0.1) is 24.0 Å². The van der Waals surface area contributed by atoms with Crippen LogP contribution in [0.1, 0.15) is 22.3 Å². The molecule has 0 bridgehead atoms. The summed E-state index contributed by atoms with van der Waals surface area (Å²) in [7, 11) is 3.39. The van der Waals surface area contributed by atoms with Gasteiger partial charge in [0.15, 0.2) is 5.96 Å². The minimum absolute atomic E-state index is 0. The molecule has 0 saturated heterocycles. The van der Waals surface area contributed by atoms with Gasteiger partial charge in [-0.3, -0.25) is 9.79 Å². The van der Waals surface area contributed by atoms with Crippen molar-refractivity contribution in [3.63, 3.8) is 0 Å². The third-order valence-electron chi connectivity index (χ3n) is 3.84. The van der Waals surface area contributed by atoms with Gasteiger partial charge >= 0.3 is 0 Å². The van der Waals surface area contributed by atoms with Gasteiger partial charge in [-0.2, -0.15) is 0 Å². The molecule has 0 radical (unpaired) electrons. The summed E-state index contributed by atoms with van der Waals surface area (Å²) >= 11 is 3.37. The highest BCUT2D eigenvalue weighted by Crippen LogP contribution is 2.12. The molecule has 3 N–H and O–H groups in total. The molecule has 0 aliphatic rings. The molecule has 0 unspecified atom stereocenters. The van der Waals surface area contributed by atoms with E-state index in [4.69, 9.17) is 4.74 Å². The van der Waals surface area contributed by atoms with Gasteiger partial charge in [0.25, 0.3) is 5.91 Å². The van der Waals surface area contributed by atoms with Crippen LogP contribution < -0.4 is 20.7 Å². The smallest absolute Gasteiger partial charge is 0.251 e. The van der Waals surface area contributed by atoms with Gasteiger partial charge in [-0.1, -0.05) is 34.1 Å². The normalized spacial score (nSPS) is 10.6. The largest absolute Gasteiger partial charge is 0.497 e. The molecule has 0 aliphatic heterocycles. The lowest BCUT2D eigenvalue weighted by Gasteiger charge is -2.12. The maximum atomic E-state index is 12.1. The van der Waals surface area contributed by atoms with Crippen molar-refractivity contribution in [3.05, 3.63) is 64.1 Å². The van der Waals surface area contributed by atoms with Gasteiger partial charge < -0.3 is 20.7 Å². The van der Waals surface area contributed by atoms with Crippen LogP contribution in [0.2, 0.25) is 0 Å². The number of nitrogens with zero attached hydrogens (tertiary/aromatic N) is 1. The first-order chi connectivity index (χ1) is 13.1. The van der Waals surface area contributed by atoms with E-state index in [2.05, 4.69) is 36.9 Å². The average Bonchev–Trinajstić information content (AvgIpc) is 2.70. The highest BCUT2D eigenvalue weighted by Gasteiger charge is 2.05. The van der Waals surface area contributed by atoms with E-state index < -0.39 is 0 Å². The number of carbonyl (C=O) groups is 1. The monoisotopic (exact) mass is 560 g/mol. The van der Waals surface area contributed by atoms with Crippen LogP contribution in [0.4, 0.5) is 0 Å². The molecule has 8 heteroatoms. The first-order valence-electron chi connectivity index (χ1n) is 8.73. The van der Waals surface area contributed by atoms with Gasteiger partial charge in [-0.25, -0.2) is 0 Å². The van der Waals surface area contributed by atoms with Gasteiger partial charge in [0, 0.05) is 36.7 Å². The zero-order valence-corrected chi connectivity index (χ0v) is 19.9. The Morgan fingerprint density at radius 2 is 1.82 bits per heavy atom. The summed E-state index contributed by atoms with van der Waals surface area (Å²) in [5.74, 6) is 1.48. The molecule has 0 atom stereocenters. The molecule has 152 valence electrons. The second kappa shape index (κ2) is 13.4. The van der Waals surface area contributed by atoms with Gasteiger partial charge in [0.2, 0.25) is 0 Å². The summed E-state index contributed by atoms with van der Waals surface area (Å²) in [6, 6.07) is 15.2. The minimum Gasteiger partial charge on any atom is -0.497 e. The number of rotatable bonds is 8. The fraction of sp³-hybridized carbons (Fsp3) is 0.300. The second-order valence-electron chi connectivity index (χ2n) is 5.82. The van der Waals surface area contributed by atoms with Crippen molar-refractivity contribution in [2.75, 3.05) is 27.2 Å². The third kappa shape index (κ3) is 8.47. The molecule has 0 fully saturated rings. The molecule has 6 nitrogen and oxygen atoms in total. The van der Waals surface area contributed by atoms with E-state index in [1.54, 1.807) is 26.3 Å². The number of carbonyl (C=O) groups excluding carboxylic acids is 1. The highest BCUT2D eigenvalue weighted by molar-refractivity contribution is 14.0. The number of guanidine groups is 1. The van der Waals surface area contributed by atoms with Gasteiger partial charge in [-0.05, 0) is 42.3 Å². The lowest BCUT2D eigenvalue weighted by molar-refractivity contribution is 0.0953. The molecule has 2 aromatic carbocycles. The van der Waals surface area contributed by atoms with E-state index in [1.807, 2.05) is 36.4 Å². The topological polar surface area (TPSA) is 74.8 Å². The van der Waals surface area contributed by atoms with E-state index in [-0.39, 0.29) is 29.9 Å². The van der Waals surface area contributed by atoms with Gasteiger partial charge in [0.1, 0.15) is 5.75 Å². The van der Waals surface area contributed by atoms with Crippen molar-refractivity contribution >= 4 is 51.8 Å². The summed E-state index contributed by atoms with van der Waals surface area (Å²) in [5.41, 5.74) is 1.76. The second-order valence-corrected chi connectivity index (χ2v) is 6.74. The summed E-state index contributed by atoms with van der Waals surface area (Å²) in [6.45, 7) is 1.94. The predicted octanol–water partition coefficient (Wildman–Crippen LogP) is 3.56. The first-order valence-corrected chi connectivity index (χ1v) is 9.53. The van der Waals surface area contributed by atoms with Crippen molar-refractivity contribution in [3.8, 4) is 5.75 Å². The van der Waals surface area contributed by atoms with Crippen molar-refractivity contribution in [2.45, 2.75) is 13.0 Å². The Kier molecular flexibility index (Phi) is 11.6. The molecule has 0 heterocycles. The Hall–Kier alpha value is -1.81. The number of nitrogens with one attached hydrogen (secondary N) is 3. The quantitative estimate of drug-likeness (QED) is 0.200. The minimum atomic E-state index is -0.0724. The summed E-state index contributed by atoms with van der Waals surface area (Å²) in [6.07, 6.45) is 0.791. The van der Waals surface area contributed by atoms with Crippen LogP contribution in [0.25, 0.3) is 0 Å². The van der Waals surface area contributed by atoms with Crippen LogP contribution in [-0.2, 0) is 6.54 Å². The fourth-order valence-electron chi connectivity index (χ4n) is 2.42. The third-order valence-corrected chi connectivity index (χ3v) is 4.33. The number of amides is 1.